The molecule has 0 N–H and O–H groups in total. The van der Waals surface area contributed by atoms with Crippen LogP contribution in [0.25, 0.3) is 0 Å². The van der Waals surface area contributed by atoms with Gasteiger partial charge in [-0.2, -0.15) is 0 Å². The second kappa shape index (κ2) is 2.63. The van der Waals surface area contributed by atoms with Crippen molar-refractivity contribution in [1.29, 1.82) is 0 Å². The predicted octanol–water partition coefficient (Wildman–Crippen LogP) is 4.64. The summed E-state index contributed by atoms with van der Waals surface area (Å²) in [6, 6.07) is 0. The van der Waals surface area contributed by atoms with Crippen molar-refractivity contribution in [2.45, 2.75) is 66.2 Å². The highest BCUT2D eigenvalue weighted by molar-refractivity contribution is 5.15. The fourth-order valence-corrected chi connectivity index (χ4v) is 5.22. The lowest BCUT2D eigenvalue weighted by Crippen LogP contribution is -2.63. The molecule has 0 amide bonds. The second-order valence-electron chi connectivity index (χ2n) is 7.31. The van der Waals surface area contributed by atoms with Crippen molar-refractivity contribution in [3.63, 3.8) is 0 Å². The number of fused-ring (bicyclic) bond motifs is 1. The number of hydrogen-bond donors (Lipinski definition) is 0. The fourth-order valence-electron chi connectivity index (χ4n) is 5.22. The summed E-state index contributed by atoms with van der Waals surface area (Å²) in [5.74, 6) is 1.92. The van der Waals surface area contributed by atoms with E-state index in [9.17, 15) is 0 Å². The summed E-state index contributed by atoms with van der Waals surface area (Å²) < 4.78 is 15.3. The van der Waals surface area contributed by atoms with E-state index >= 15 is 0 Å². The molecule has 0 heteroatoms. The normalized spacial score (nSPS) is 57.7. The summed E-state index contributed by atoms with van der Waals surface area (Å²) in [6.07, 6.45) is 7.81. The molecule has 0 aromatic rings. The summed E-state index contributed by atoms with van der Waals surface area (Å²) in [5.41, 5.74) is 1.40. The minimum Gasteiger partial charge on any atom is -0.0649 e. The van der Waals surface area contributed by atoms with Crippen LogP contribution in [0.1, 0.15) is 68.9 Å². The Balaban J connectivity index is 1.74. The fraction of sp³-hybridized carbons (Fsp3) is 1.00. The van der Waals surface area contributed by atoms with Crippen LogP contribution in [0.4, 0.5) is 0 Å². The monoisotopic (exact) mass is 208 g/mol. The molecule has 2 bridgehead atoms. The summed E-state index contributed by atoms with van der Waals surface area (Å²) >= 11 is 0. The number of hydrogen-bond acceptors (Lipinski definition) is 0. The van der Waals surface area contributed by atoms with Gasteiger partial charge in [-0.1, -0.05) is 34.1 Å². The van der Waals surface area contributed by atoms with E-state index in [0.29, 0.717) is 24.6 Å². The smallest absolute Gasteiger partial charge is 0.0236 e. The first kappa shape index (κ1) is 8.14. The largest absolute Gasteiger partial charge is 0.0649 e. The zero-order valence-electron chi connectivity index (χ0n) is 12.3. The van der Waals surface area contributed by atoms with Crippen molar-refractivity contribution in [2.24, 2.45) is 28.1 Å². The van der Waals surface area contributed by atoms with Gasteiger partial charge in [0, 0.05) is 2.74 Å². The summed E-state index contributed by atoms with van der Waals surface area (Å²) in [5, 5.41) is 0. The molecule has 2 atom stereocenters. The molecule has 0 heterocycles. The zero-order valence-corrected chi connectivity index (χ0v) is 10.3. The Morgan fingerprint density at radius 3 is 2.67 bits per heavy atom. The molecule has 0 saturated heterocycles. The predicted molar refractivity (Wildman–Crippen MR) is 64.7 cm³/mol. The SMILES string of the molecule is [2H]CCC1(C[2H])CC2(CCC3CC2C3(C)C)C1. The standard InChI is InChI=1S/C15H26/c1-5-14(4)9-15(10-14)7-6-11-8-12(15)13(11,2)3/h11-12H,5-10H2,1-4H3/i1D,4D. The Bertz CT molecular complexity index is 313. The quantitative estimate of drug-likeness (QED) is 0.589. The molecule has 15 heavy (non-hydrogen) atoms. The van der Waals surface area contributed by atoms with E-state index in [1.165, 1.54) is 32.1 Å². The van der Waals surface area contributed by atoms with Gasteiger partial charge in [-0.3, -0.25) is 0 Å². The average molecular weight is 208 g/mol. The van der Waals surface area contributed by atoms with Gasteiger partial charge in [0.2, 0.25) is 0 Å². The minimum absolute atomic E-state index is 0.236. The van der Waals surface area contributed by atoms with E-state index in [2.05, 4.69) is 13.8 Å². The van der Waals surface area contributed by atoms with Crippen molar-refractivity contribution in [2.75, 3.05) is 0 Å². The molecule has 2 unspecified atom stereocenters. The minimum atomic E-state index is 0.236. The van der Waals surface area contributed by atoms with E-state index in [1.54, 1.807) is 0 Å². The molecular formula is C15H26. The van der Waals surface area contributed by atoms with Crippen LogP contribution in [-0.4, -0.2) is 0 Å². The van der Waals surface area contributed by atoms with E-state index in [-0.39, 0.29) is 5.41 Å². The second-order valence-corrected chi connectivity index (χ2v) is 7.31. The highest BCUT2D eigenvalue weighted by atomic mass is 14.7. The van der Waals surface area contributed by atoms with Gasteiger partial charge in [-0.05, 0) is 60.2 Å². The summed E-state index contributed by atoms with van der Waals surface area (Å²) in [4.78, 5) is 0. The molecule has 0 nitrogen and oxygen atoms in total. The molecule has 4 rings (SSSR count). The molecule has 0 aromatic heterocycles. The van der Waals surface area contributed by atoms with Crippen molar-refractivity contribution in [1.82, 2.24) is 0 Å². The highest BCUT2D eigenvalue weighted by Crippen LogP contribution is 2.75. The van der Waals surface area contributed by atoms with Gasteiger partial charge in [0.05, 0.1) is 0 Å². The molecule has 4 fully saturated rings. The van der Waals surface area contributed by atoms with Crippen LogP contribution < -0.4 is 0 Å². The maximum Gasteiger partial charge on any atom is 0.0236 e. The summed E-state index contributed by atoms with van der Waals surface area (Å²) in [6.45, 7) is 6.02. The van der Waals surface area contributed by atoms with E-state index in [1.807, 2.05) is 0 Å². The average Bonchev–Trinajstić information content (AvgIpc) is 2.26. The van der Waals surface area contributed by atoms with E-state index in [4.69, 9.17) is 2.74 Å². The van der Waals surface area contributed by atoms with Crippen LogP contribution in [0.3, 0.4) is 0 Å². The van der Waals surface area contributed by atoms with Gasteiger partial charge in [0.25, 0.3) is 0 Å². The molecule has 4 aliphatic carbocycles. The van der Waals surface area contributed by atoms with Crippen molar-refractivity contribution < 1.29 is 2.74 Å². The number of rotatable bonds is 1. The van der Waals surface area contributed by atoms with Crippen molar-refractivity contribution in [3.05, 3.63) is 0 Å². The Morgan fingerprint density at radius 2 is 2.13 bits per heavy atom. The maximum absolute atomic E-state index is 7.81. The molecule has 0 radical (unpaired) electrons. The maximum atomic E-state index is 7.81. The van der Waals surface area contributed by atoms with Gasteiger partial charge >= 0.3 is 0 Å². The molecule has 86 valence electrons. The van der Waals surface area contributed by atoms with Crippen LogP contribution in [0.5, 0.6) is 0 Å². The van der Waals surface area contributed by atoms with Crippen LogP contribution in [0.2, 0.25) is 0 Å². The Hall–Kier alpha value is 0. The van der Waals surface area contributed by atoms with Gasteiger partial charge in [0.1, 0.15) is 0 Å². The van der Waals surface area contributed by atoms with Gasteiger partial charge in [-0.15, -0.1) is 0 Å². The molecular weight excluding hydrogens is 180 g/mol. The first-order chi connectivity index (χ1) is 7.98. The molecule has 4 saturated carbocycles. The van der Waals surface area contributed by atoms with Crippen molar-refractivity contribution in [3.8, 4) is 0 Å². The van der Waals surface area contributed by atoms with Crippen molar-refractivity contribution >= 4 is 0 Å². The van der Waals surface area contributed by atoms with E-state index in [0.717, 1.165) is 18.3 Å². The first-order valence-corrected chi connectivity index (χ1v) is 6.57. The van der Waals surface area contributed by atoms with Gasteiger partial charge < -0.3 is 0 Å². The lowest BCUT2D eigenvalue weighted by molar-refractivity contribution is -0.225. The highest BCUT2D eigenvalue weighted by Gasteiger charge is 2.66. The first-order valence-electron chi connectivity index (χ1n) is 7.98. The van der Waals surface area contributed by atoms with Crippen LogP contribution >= 0.6 is 0 Å². The Morgan fingerprint density at radius 1 is 1.33 bits per heavy atom. The topological polar surface area (TPSA) is 0 Å². The third kappa shape index (κ3) is 1.09. The molecule has 4 aliphatic rings. The lowest BCUT2D eigenvalue weighted by Gasteiger charge is -2.72. The van der Waals surface area contributed by atoms with Crippen LogP contribution in [0, 0.1) is 28.1 Å². The Labute approximate surface area is 97.6 Å². The Kier molecular flexibility index (Phi) is 1.43. The lowest BCUT2D eigenvalue weighted by atomic mass is 9.33. The van der Waals surface area contributed by atoms with Crippen LogP contribution in [-0.2, 0) is 0 Å². The molecule has 0 aromatic carbocycles. The third-order valence-electron chi connectivity index (χ3n) is 6.18. The molecule has 1 spiro atoms. The van der Waals surface area contributed by atoms with Gasteiger partial charge in [-0.25, -0.2) is 0 Å². The molecule has 0 aliphatic heterocycles. The third-order valence-corrected chi connectivity index (χ3v) is 6.18. The van der Waals surface area contributed by atoms with Crippen LogP contribution in [0.15, 0.2) is 0 Å². The zero-order chi connectivity index (χ0) is 12.3. The summed E-state index contributed by atoms with van der Waals surface area (Å²) in [7, 11) is 0. The van der Waals surface area contributed by atoms with Gasteiger partial charge in [0.15, 0.2) is 0 Å². The van der Waals surface area contributed by atoms with E-state index < -0.39 is 0 Å².